The van der Waals surface area contributed by atoms with Gasteiger partial charge in [0.05, 0.1) is 18.8 Å². The fraction of sp³-hybridized carbons (Fsp3) is 0.750. The molecule has 0 aliphatic carbocycles. The van der Waals surface area contributed by atoms with Crippen molar-refractivity contribution in [3.05, 3.63) is 6.20 Å². The van der Waals surface area contributed by atoms with Crippen LogP contribution in [0.3, 0.4) is 0 Å². The Labute approximate surface area is 103 Å². The zero-order chi connectivity index (χ0) is 12.3. The molecule has 0 radical (unpaired) electrons. The van der Waals surface area contributed by atoms with Gasteiger partial charge in [-0.25, -0.2) is 0 Å². The van der Waals surface area contributed by atoms with Crippen molar-refractivity contribution in [2.45, 2.75) is 32.7 Å². The predicted octanol–water partition coefficient (Wildman–Crippen LogP) is 1.52. The zero-order valence-corrected chi connectivity index (χ0v) is 10.7. The molecule has 2 heterocycles. The molecule has 1 aromatic rings. The van der Waals surface area contributed by atoms with E-state index in [2.05, 4.69) is 16.9 Å². The first-order valence-electron chi connectivity index (χ1n) is 6.40. The van der Waals surface area contributed by atoms with Crippen molar-refractivity contribution in [2.24, 2.45) is 0 Å². The Kier molecular flexibility index (Phi) is 3.89. The monoisotopic (exact) mass is 238 g/mol. The van der Waals surface area contributed by atoms with Crippen LogP contribution >= 0.6 is 0 Å². The summed E-state index contributed by atoms with van der Waals surface area (Å²) in [6.45, 7) is 8.15. The Bertz CT molecular complexity index is 357. The highest BCUT2D eigenvalue weighted by molar-refractivity contribution is 5.45. The third kappa shape index (κ3) is 2.91. The second kappa shape index (κ2) is 5.40. The van der Waals surface area contributed by atoms with Crippen molar-refractivity contribution in [2.75, 3.05) is 32.0 Å². The highest BCUT2D eigenvalue weighted by atomic mass is 16.5. The molecule has 96 valence electrons. The number of likely N-dealkylation sites (tertiary alicyclic amines) is 1. The topological polar surface area (TPSA) is 56.3 Å². The molecule has 0 amide bonds. The van der Waals surface area contributed by atoms with E-state index >= 15 is 0 Å². The molecule has 1 aromatic heterocycles. The van der Waals surface area contributed by atoms with Gasteiger partial charge in [0.1, 0.15) is 5.69 Å². The summed E-state index contributed by atoms with van der Waals surface area (Å²) in [4.78, 5) is 2.48. The molecule has 1 saturated heterocycles. The van der Waals surface area contributed by atoms with Crippen LogP contribution in [0.5, 0.6) is 5.88 Å². The van der Waals surface area contributed by atoms with Crippen molar-refractivity contribution in [1.29, 1.82) is 0 Å². The van der Waals surface area contributed by atoms with Crippen LogP contribution in [0.4, 0.5) is 5.69 Å². The number of nitrogen functional groups attached to an aromatic ring is 1. The molecule has 1 atom stereocenters. The molecule has 1 aliphatic heterocycles. The molecule has 0 spiro atoms. The minimum absolute atomic E-state index is 0.338. The van der Waals surface area contributed by atoms with Gasteiger partial charge in [0.15, 0.2) is 0 Å². The lowest BCUT2D eigenvalue weighted by molar-refractivity contribution is 0.270. The third-order valence-electron chi connectivity index (χ3n) is 3.18. The number of rotatable bonds is 5. The van der Waals surface area contributed by atoms with Crippen LogP contribution in [0, 0.1) is 0 Å². The minimum Gasteiger partial charge on any atom is -0.475 e. The third-order valence-corrected chi connectivity index (χ3v) is 3.18. The molecule has 17 heavy (non-hydrogen) atoms. The number of hydrogen-bond acceptors (Lipinski definition) is 4. The molecule has 0 aromatic carbocycles. The molecule has 5 heteroatoms. The predicted molar refractivity (Wildman–Crippen MR) is 68.2 cm³/mol. The fourth-order valence-electron chi connectivity index (χ4n) is 2.29. The van der Waals surface area contributed by atoms with Crippen molar-refractivity contribution >= 4 is 5.69 Å². The number of nitrogens with two attached hydrogens (primary N) is 1. The summed E-state index contributed by atoms with van der Waals surface area (Å²) in [5, 5.41) is 4.38. The number of nitrogens with zero attached hydrogens (tertiary/aromatic N) is 3. The summed E-state index contributed by atoms with van der Waals surface area (Å²) in [6.07, 6.45) is 4.50. The van der Waals surface area contributed by atoms with E-state index in [0.717, 1.165) is 6.54 Å². The maximum atomic E-state index is 5.85. The van der Waals surface area contributed by atoms with Gasteiger partial charge in [-0.3, -0.25) is 4.68 Å². The van der Waals surface area contributed by atoms with Crippen molar-refractivity contribution in [3.63, 3.8) is 0 Å². The molecule has 5 nitrogen and oxygen atoms in total. The molecule has 1 aliphatic rings. The van der Waals surface area contributed by atoms with Gasteiger partial charge in [-0.1, -0.05) is 0 Å². The van der Waals surface area contributed by atoms with Gasteiger partial charge in [0.2, 0.25) is 0 Å². The highest BCUT2D eigenvalue weighted by Gasteiger charge is 2.17. The van der Waals surface area contributed by atoms with Gasteiger partial charge >= 0.3 is 0 Å². The summed E-state index contributed by atoms with van der Waals surface area (Å²) < 4.78 is 7.28. The van der Waals surface area contributed by atoms with Gasteiger partial charge in [0.25, 0.3) is 5.88 Å². The van der Waals surface area contributed by atoms with E-state index in [1.54, 1.807) is 0 Å². The average Bonchev–Trinajstić information content (AvgIpc) is 2.90. The van der Waals surface area contributed by atoms with Crippen LogP contribution in [-0.2, 0) is 0 Å². The molecule has 1 unspecified atom stereocenters. The van der Waals surface area contributed by atoms with E-state index in [1.807, 2.05) is 17.8 Å². The Hall–Kier alpha value is -1.23. The van der Waals surface area contributed by atoms with Gasteiger partial charge in [-0.2, -0.15) is 0 Å². The SMILES string of the molecule is CCOc1nn(C(C)CN2CCCC2)cc1N. The summed E-state index contributed by atoms with van der Waals surface area (Å²) in [5.74, 6) is 0.556. The van der Waals surface area contributed by atoms with E-state index in [9.17, 15) is 0 Å². The van der Waals surface area contributed by atoms with Crippen LogP contribution < -0.4 is 10.5 Å². The number of anilines is 1. The van der Waals surface area contributed by atoms with E-state index in [-0.39, 0.29) is 0 Å². The van der Waals surface area contributed by atoms with Crippen LogP contribution in [0.15, 0.2) is 6.20 Å². The van der Waals surface area contributed by atoms with Crippen LogP contribution in [0.1, 0.15) is 32.7 Å². The normalized spacial score (nSPS) is 18.5. The van der Waals surface area contributed by atoms with E-state index < -0.39 is 0 Å². The van der Waals surface area contributed by atoms with E-state index in [0.29, 0.717) is 24.2 Å². The second-order valence-corrected chi connectivity index (χ2v) is 4.66. The second-order valence-electron chi connectivity index (χ2n) is 4.66. The van der Waals surface area contributed by atoms with E-state index in [1.165, 1.54) is 25.9 Å². The molecule has 2 N–H and O–H groups in total. The fourth-order valence-corrected chi connectivity index (χ4v) is 2.29. The molecule has 2 rings (SSSR count). The molecular weight excluding hydrogens is 216 g/mol. The lowest BCUT2D eigenvalue weighted by atomic mass is 10.3. The standard InChI is InChI=1S/C12H22N4O/c1-3-17-12-11(13)9-16(14-12)10(2)8-15-6-4-5-7-15/h9-10H,3-8,13H2,1-2H3. The van der Waals surface area contributed by atoms with Crippen molar-refractivity contribution in [3.8, 4) is 5.88 Å². The van der Waals surface area contributed by atoms with Gasteiger partial charge in [-0.05, 0) is 39.8 Å². The van der Waals surface area contributed by atoms with Gasteiger partial charge in [-0.15, -0.1) is 5.10 Å². The quantitative estimate of drug-likeness (QED) is 0.845. The van der Waals surface area contributed by atoms with Crippen LogP contribution in [0.2, 0.25) is 0 Å². The Morgan fingerprint density at radius 2 is 2.18 bits per heavy atom. The molecular formula is C12H22N4O. The summed E-state index contributed by atoms with van der Waals surface area (Å²) in [5.41, 5.74) is 6.48. The highest BCUT2D eigenvalue weighted by Crippen LogP contribution is 2.21. The lowest BCUT2D eigenvalue weighted by Crippen LogP contribution is -2.27. The van der Waals surface area contributed by atoms with Crippen LogP contribution in [-0.4, -0.2) is 40.9 Å². The zero-order valence-electron chi connectivity index (χ0n) is 10.7. The maximum absolute atomic E-state index is 5.85. The first-order valence-corrected chi connectivity index (χ1v) is 6.40. The minimum atomic E-state index is 0.338. The van der Waals surface area contributed by atoms with Crippen molar-refractivity contribution in [1.82, 2.24) is 14.7 Å². The molecule has 0 bridgehead atoms. The summed E-state index contributed by atoms with van der Waals surface area (Å²) >= 11 is 0. The first kappa shape index (κ1) is 12.2. The molecule has 1 fully saturated rings. The first-order chi connectivity index (χ1) is 8.20. The number of ether oxygens (including phenoxy) is 1. The average molecular weight is 238 g/mol. The Morgan fingerprint density at radius 1 is 1.47 bits per heavy atom. The smallest absolute Gasteiger partial charge is 0.256 e. The van der Waals surface area contributed by atoms with Gasteiger partial charge in [0, 0.05) is 6.54 Å². The van der Waals surface area contributed by atoms with Crippen molar-refractivity contribution < 1.29 is 4.74 Å². The van der Waals surface area contributed by atoms with Gasteiger partial charge < -0.3 is 15.4 Å². The Morgan fingerprint density at radius 3 is 2.82 bits per heavy atom. The van der Waals surface area contributed by atoms with E-state index in [4.69, 9.17) is 10.5 Å². The Balaban J connectivity index is 1.97. The maximum Gasteiger partial charge on any atom is 0.256 e. The number of hydrogen-bond donors (Lipinski definition) is 1. The largest absolute Gasteiger partial charge is 0.475 e. The lowest BCUT2D eigenvalue weighted by Gasteiger charge is -2.20. The number of aromatic nitrogens is 2. The molecule has 0 saturated carbocycles. The summed E-state index contributed by atoms with van der Waals surface area (Å²) in [6, 6.07) is 0.338. The summed E-state index contributed by atoms with van der Waals surface area (Å²) in [7, 11) is 0. The van der Waals surface area contributed by atoms with Crippen LogP contribution in [0.25, 0.3) is 0 Å².